The number of benzene rings is 1. The lowest BCUT2D eigenvalue weighted by Gasteiger charge is -2.11. The number of carbonyl (C=O) groups excluding carboxylic acids is 2. The summed E-state index contributed by atoms with van der Waals surface area (Å²) >= 11 is 0. The maximum absolute atomic E-state index is 11.8. The third-order valence-corrected chi connectivity index (χ3v) is 3.27. The lowest BCUT2D eigenvalue weighted by Crippen LogP contribution is -2.39. The Morgan fingerprint density at radius 1 is 1.21 bits per heavy atom. The first-order valence-electron chi connectivity index (χ1n) is 8.02. The molecule has 3 N–H and O–H groups in total. The van der Waals surface area contributed by atoms with Crippen molar-refractivity contribution in [2.75, 3.05) is 18.4 Å². The number of nitrogens with one attached hydrogen (secondary N) is 3. The molecule has 2 rings (SSSR count). The highest BCUT2D eigenvalue weighted by Crippen LogP contribution is 2.27. The first-order chi connectivity index (χ1) is 11.3. The first-order valence-corrected chi connectivity index (χ1v) is 8.02. The van der Waals surface area contributed by atoms with Crippen LogP contribution in [0.1, 0.15) is 40.0 Å². The third-order valence-electron chi connectivity index (χ3n) is 3.27. The average molecular weight is 332 g/mol. The highest BCUT2D eigenvalue weighted by atomic mass is 16.3. The summed E-state index contributed by atoms with van der Waals surface area (Å²) in [4.78, 5) is 27.8. The Kier molecular flexibility index (Phi) is 5.43. The molecule has 0 saturated carbocycles. The van der Waals surface area contributed by atoms with Crippen LogP contribution in [0.25, 0.3) is 11.1 Å². The van der Waals surface area contributed by atoms with E-state index in [4.69, 9.17) is 4.42 Å². The van der Waals surface area contributed by atoms with E-state index in [1.54, 1.807) is 18.2 Å². The van der Waals surface area contributed by atoms with Crippen molar-refractivity contribution in [3.8, 4) is 0 Å². The molecule has 24 heavy (non-hydrogen) atoms. The summed E-state index contributed by atoms with van der Waals surface area (Å²) in [5.41, 5.74) is 1.75. The largest absolute Gasteiger partial charge is 0.440 e. The third kappa shape index (κ3) is 4.71. The second-order valence-corrected chi connectivity index (χ2v) is 6.61. The van der Waals surface area contributed by atoms with Gasteiger partial charge in [0, 0.05) is 17.6 Å². The predicted octanol–water partition coefficient (Wildman–Crippen LogP) is 2.77. The molecule has 1 heterocycles. The zero-order chi connectivity index (χ0) is 17.7. The molecule has 2 aromatic rings. The maximum Gasteiger partial charge on any atom is 0.319 e. The predicted molar refractivity (Wildman–Crippen MR) is 93.0 cm³/mol. The Hall–Kier alpha value is -2.57. The number of aromatic nitrogens is 1. The topological polar surface area (TPSA) is 96.3 Å². The average Bonchev–Trinajstić information content (AvgIpc) is 2.94. The molecule has 0 aliphatic heterocycles. The minimum absolute atomic E-state index is 0.0633. The van der Waals surface area contributed by atoms with Crippen LogP contribution in [0.5, 0.6) is 0 Å². The molecule has 0 aliphatic rings. The Labute approximate surface area is 141 Å². The van der Waals surface area contributed by atoms with Crippen LogP contribution in [0.15, 0.2) is 22.6 Å². The van der Waals surface area contributed by atoms with E-state index in [1.165, 1.54) is 0 Å². The van der Waals surface area contributed by atoms with Crippen LogP contribution in [-0.2, 0) is 10.2 Å². The van der Waals surface area contributed by atoms with Crippen LogP contribution < -0.4 is 16.0 Å². The van der Waals surface area contributed by atoms with E-state index in [-0.39, 0.29) is 17.9 Å². The lowest BCUT2D eigenvalue weighted by molar-refractivity contribution is -0.120. The van der Waals surface area contributed by atoms with Crippen molar-refractivity contribution in [3.63, 3.8) is 0 Å². The molecule has 0 unspecified atom stereocenters. The van der Waals surface area contributed by atoms with Gasteiger partial charge in [0.1, 0.15) is 5.52 Å². The van der Waals surface area contributed by atoms with Gasteiger partial charge in [-0.2, -0.15) is 0 Å². The van der Waals surface area contributed by atoms with Gasteiger partial charge in [-0.1, -0.05) is 27.7 Å². The van der Waals surface area contributed by atoms with Gasteiger partial charge in [-0.25, -0.2) is 9.78 Å². The lowest BCUT2D eigenvalue weighted by atomic mass is 9.97. The second kappa shape index (κ2) is 7.33. The SMILES string of the molecule is CCCNC(=O)CNC(=O)Nc1ccc2oc(C(C)(C)C)nc2c1. The normalized spacial score (nSPS) is 11.3. The van der Waals surface area contributed by atoms with E-state index < -0.39 is 6.03 Å². The van der Waals surface area contributed by atoms with E-state index in [2.05, 4.69) is 20.9 Å². The molecule has 3 amide bonds. The van der Waals surface area contributed by atoms with Crippen LogP contribution >= 0.6 is 0 Å². The summed E-state index contributed by atoms with van der Waals surface area (Å²) in [7, 11) is 0. The van der Waals surface area contributed by atoms with Crippen LogP contribution in [0.2, 0.25) is 0 Å². The van der Waals surface area contributed by atoms with Gasteiger partial charge >= 0.3 is 6.03 Å². The van der Waals surface area contributed by atoms with Gasteiger partial charge in [0.25, 0.3) is 0 Å². The van der Waals surface area contributed by atoms with Gasteiger partial charge in [-0.3, -0.25) is 4.79 Å². The Morgan fingerprint density at radius 2 is 1.96 bits per heavy atom. The van der Waals surface area contributed by atoms with Gasteiger partial charge in [0.15, 0.2) is 5.58 Å². The molecule has 0 fully saturated rings. The number of nitrogens with zero attached hydrogens (tertiary/aromatic N) is 1. The number of oxazole rings is 1. The standard InChI is InChI=1S/C17H24N4O3/c1-5-8-18-14(22)10-19-16(23)20-11-6-7-13-12(9-11)21-15(24-13)17(2,3)4/h6-7,9H,5,8,10H2,1-4H3,(H,18,22)(H2,19,20,23). The van der Waals surface area contributed by atoms with Crippen molar-refractivity contribution >= 4 is 28.7 Å². The molecular weight excluding hydrogens is 308 g/mol. The molecule has 0 aliphatic carbocycles. The van der Waals surface area contributed by atoms with E-state index in [0.717, 1.165) is 6.42 Å². The van der Waals surface area contributed by atoms with Crippen molar-refractivity contribution in [3.05, 3.63) is 24.1 Å². The minimum atomic E-state index is -0.444. The van der Waals surface area contributed by atoms with E-state index in [1.807, 2.05) is 27.7 Å². The molecule has 0 radical (unpaired) electrons. The van der Waals surface area contributed by atoms with E-state index >= 15 is 0 Å². The van der Waals surface area contributed by atoms with E-state index in [0.29, 0.717) is 29.2 Å². The first kappa shape index (κ1) is 17.8. The molecule has 0 atom stereocenters. The van der Waals surface area contributed by atoms with Gasteiger partial charge in [-0.05, 0) is 24.6 Å². The van der Waals surface area contributed by atoms with Crippen LogP contribution in [-0.4, -0.2) is 30.0 Å². The van der Waals surface area contributed by atoms with Gasteiger partial charge in [0.05, 0.1) is 6.54 Å². The van der Waals surface area contributed by atoms with Crippen molar-refractivity contribution in [2.45, 2.75) is 39.5 Å². The molecule has 0 bridgehead atoms. The zero-order valence-electron chi connectivity index (χ0n) is 14.5. The van der Waals surface area contributed by atoms with Crippen LogP contribution in [0, 0.1) is 0 Å². The highest BCUT2D eigenvalue weighted by Gasteiger charge is 2.21. The number of carbonyl (C=O) groups is 2. The zero-order valence-corrected chi connectivity index (χ0v) is 14.5. The number of urea groups is 1. The fraction of sp³-hybridized carbons (Fsp3) is 0.471. The number of anilines is 1. The van der Waals surface area contributed by atoms with Crippen molar-refractivity contribution < 1.29 is 14.0 Å². The molecular formula is C17H24N4O3. The Morgan fingerprint density at radius 3 is 2.62 bits per heavy atom. The summed E-state index contributed by atoms with van der Waals surface area (Å²) in [6, 6.07) is 4.79. The van der Waals surface area contributed by atoms with Gasteiger partial charge in [0.2, 0.25) is 11.8 Å². The Bertz CT molecular complexity index is 731. The summed E-state index contributed by atoms with van der Waals surface area (Å²) in [6.07, 6.45) is 0.853. The second-order valence-electron chi connectivity index (χ2n) is 6.61. The summed E-state index contributed by atoms with van der Waals surface area (Å²) in [5, 5.41) is 7.88. The summed E-state index contributed by atoms with van der Waals surface area (Å²) in [6.45, 7) is 8.56. The summed E-state index contributed by atoms with van der Waals surface area (Å²) < 4.78 is 5.72. The fourth-order valence-corrected chi connectivity index (χ4v) is 1.99. The molecule has 130 valence electrons. The quantitative estimate of drug-likeness (QED) is 0.784. The van der Waals surface area contributed by atoms with Crippen molar-refractivity contribution in [2.24, 2.45) is 0 Å². The monoisotopic (exact) mass is 332 g/mol. The molecule has 1 aromatic heterocycles. The van der Waals surface area contributed by atoms with Crippen LogP contribution in [0.4, 0.5) is 10.5 Å². The van der Waals surface area contributed by atoms with Gasteiger partial charge < -0.3 is 20.4 Å². The molecule has 7 heteroatoms. The van der Waals surface area contributed by atoms with Gasteiger partial charge in [-0.15, -0.1) is 0 Å². The number of hydrogen-bond donors (Lipinski definition) is 3. The smallest absolute Gasteiger partial charge is 0.319 e. The van der Waals surface area contributed by atoms with Crippen molar-refractivity contribution in [1.29, 1.82) is 0 Å². The molecule has 1 aromatic carbocycles. The number of amides is 3. The molecule has 7 nitrogen and oxygen atoms in total. The minimum Gasteiger partial charge on any atom is -0.440 e. The number of fused-ring (bicyclic) bond motifs is 1. The maximum atomic E-state index is 11.8. The van der Waals surface area contributed by atoms with Crippen molar-refractivity contribution in [1.82, 2.24) is 15.6 Å². The van der Waals surface area contributed by atoms with E-state index in [9.17, 15) is 9.59 Å². The summed E-state index contributed by atoms with van der Waals surface area (Å²) in [5.74, 6) is 0.431. The molecule has 0 spiro atoms. The highest BCUT2D eigenvalue weighted by molar-refractivity contribution is 5.93. The Balaban J connectivity index is 1.97. The number of hydrogen-bond acceptors (Lipinski definition) is 4. The number of rotatable bonds is 5. The van der Waals surface area contributed by atoms with Crippen LogP contribution in [0.3, 0.4) is 0 Å². The molecule has 0 saturated heterocycles. The fourth-order valence-electron chi connectivity index (χ4n) is 1.99.